The second-order valence-electron chi connectivity index (χ2n) is 4.37. The maximum absolute atomic E-state index is 11.7. The van der Waals surface area contributed by atoms with Crippen LogP contribution in [0.1, 0.15) is 30.7 Å². The number of ketones is 1. The number of rotatable bonds is 1. The van der Waals surface area contributed by atoms with Crippen molar-refractivity contribution in [3.8, 4) is 0 Å². The fourth-order valence-electron chi connectivity index (χ4n) is 2.47. The molecule has 1 aromatic carbocycles. The van der Waals surface area contributed by atoms with Crippen LogP contribution in [0, 0.1) is 0 Å². The number of hydrogen-bond acceptors (Lipinski definition) is 2. The smallest absolute Gasteiger partial charge is 0.140 e. The van der Waals surface area contributed by atoms with Gasteiger partial charge >= 0.3 is 0 Å². The Labute approximate surface area is 94.3 Å². The third-order valence-electron chi connectivity index (χ3n) is 3.34. The summed E-state index contributed by atoms with van der Waals surface area (Å²) in [5.74, 6) is 0.502. The van der Waals surface area contributed by atoms with E-state index < -0.39 is 0 Å². The summed E-state index contributed by atoms with van der Waals surface area (Å²) in [4.78, 5) is 16.0. The number of benzene rings is 1. The van der Waals surface area contributed by atoms with Crippen LogP contribution in [0.2, 0.25) is 0 Å². The van der Waals surface area contributed by atoms with Gasteiger partial charge in [-0.1, -0.05) is 18.2 Å². The summed E-state index contributed by atoms with van der Waals surface area (Å²) in [5, 5.41) is 1.14. The molecule has 1 aromatic heterocycles. The predicted octanol–water partition coefficient (Wildman–Crippen LogP) is 3.07. The molecule has 3 rings (SSSR count). The van der Waals surface area contributed by atoms with Crippen LogP contribution in [0.5, 0.6) is 0 Å². The molecule has 0 radical (unpaired) electrons. The van der Waals surface area contributed by atoms with Gasteiger partial charge in [0.1, 0.15) is 5.78 Å². The standard InChI is InChI=1S/C14H13NO/c16-14-5-1-4-12(14)11-7-6-10-3-2-8-15-13(10)9-11/h2-3,6-9,12H,1,4-5H2. The molecule has 16 heavy (non-hydrogen) atoms. The van der Waals surface area contributed by atoms with Gasteiger partial charge in [0, 0.05) is 23.9 Å². The molecule has 0 amide bonds. The average Bonchev–Trinajstić information content (AvgIpc) is 2.75. The minimum Gasteiger partial charge on any atom is -0.299 e. The number of hydrogen-bond donors (Lipinski definition) is 0. The second kappa shape index (κ2) is 3.71. The van der Waals surface area contributed by atoms with E-state index in [4.69, 9.17) is 0 Å². The number of fused-ring (bicyclic) bond motifs is 1. The maximum Gasteiger partial charge on any atom is 0.140 e. The molecule has 2 nitrogen and oxygen atoms in total. The minimum atomic E-state index is 0.117. The van der Waals surface area contributed by atoms with Gasteiger partial charge in [0.25, 0.3) is 0 Å². The summed E-state index contributed by atoms with van der Waals surface area (Å²) < 4.78 is 0. The summed E-state index contributed by atoms with van der Waals surface area (Å²) >= 11 is 0. The van der Waals surface area contributed by atoms with E-state index in [9.17, 15) is 4.79 Å². The Hall–Kier alpha value is -1.70. The van der Waals surface area contributed by atoms with E-state index in [1.807, 2.05) is 12.1 Å². The van der Waals surface area contributed by atoms with E-state index in [0.29, 0.717) is 5.78 Å². The quantitative estimate of drug-likeness (QED) is 0.725. The number of aromatic nitrogens is 1. The average molecular weight is 211 g/mol. The van der Waals surface area contributed by atoms with Gasteiger partial charge in [-0.15, -0.1) is 0 Å². The van der Waals surface area contributed by atoms with Crippen molar-refractivity contribution in [3.63, 3.8) is 0 Å². The third kappa shape index (κ3) is 1.51. The number of pyridine rings is 1. The van der Waals surface area contributed by atoms with Crippen molar-refractivity contribution in [2.24, 2.45) is 0 Å². The highest BCUT2D eigenvalue weighted by Gasteiger charge is 2.25. The zero-order valence-electron chi connectivity index (χ0n) is 9.02. The predicted molar refractivity (Wildman–Crippen MR) is 63.3 cm³/mol. The summed E-state index contributed by atoms with van der Waals surface area (Å²) in [5.41, 5.74) is 2.12. The molecule has 0 saturated heterocycles. The second-order valence-corrected chi connectivity index (χ2v) is 4.37. The van der Waals surface area contributed by atoms with Gasteiger partial charge in [-0.05, 0) is 30.5 Å². The molecule has 1 unspecified atom stereocenters. The van der Waals surface area contributed by atoms with Gasteiger partial charge in [0.05, 0.1) is 5.52 Å². The van der Waals surface area contributed by atoms with Crippen LogP contribution in [-0.2, 0) is 4.79 Å². The lowest BCUT2D eigenvalue weighted by Crippen LogP contribution is -2.03. The third-order valence-corrected chi connectivity index (χ3v) is 3.34. The Bertz CT molecular complexity index is 547. The molecule has 1 saturated carbocycles. The first-order valence-electron chi connectivity index (χ1n) is 5.72. The topological polar surface area (TPSA) is 30.0 Å². The Morgan fingerprint density at radius 2 is 2.19 bits per heavy atom. The lowest BCUT2D eigenvalue weighted by atomic mass is 9.96. The van der Waals surface area contributed by atoms with Gasteiger partial charge in [-0.3, -0.25) is 9.78 Å². The lowest BCUT2D eigenvalue weighted by molar-refractivity contribution is -0.118. The minimum absolute atomic E-state index is 0.117. The molecule has 0 N–H and O–H groups in total. The summed E-state index contributed by atoms with van der Waals surface area (Å²) in [6.07, 6.45) is 4.56. The Morgan fingerprint density at radius 1 is 1.25 bits per heavy atom. The van der Waals surface area contributed by atoms with Crippen LogP contribution in [-0.4, -0.2) is 10.8 Å². The lowest BCUT2D eigenvalue weighted by Gasteiger charge is -2.08. The van der Waals surface area contributed by atoms with E-state index in [-0.39, 0.29) is 5.92 Å². The van der Waals surface area contributed by atoms with E-state index in [1.165, 1.54) is 0 Å². The molecule has 2 aromatic rings. The zero-order valence-corrected chi connectivity index (χ0v) is 9.02. The molecule has 0 bridgehead atoms. The Balaban J connectivity index is 2.08. The highest BCUT2D eigenvalue weighted by atomic mass is 16.1. The van der Waals surface area contributed by atoms with Gasteiger partial charge < -0.3 is 0 Å². The molecule has 0 aliphatic heterocycles. The van der Waals surface area contributed by atoms with Crippen molar-refractivity contribution >= 4 is 16.7 Å². The number of nitrogens with zero attached hydrogens (tertiary/aromatic N) is 1. The summed E-state index contributed by atoms with van der Waals surface area (Å²) in [6.45, 7) is 0. The van der Waals surface area contributed by atoms with Crippen LogP contribution in [0.3, 0.4) is 0 Å². The fraction of sp³-hybridized carbons (Fsp3) is 0.286. The van der Waals surface area contributed by atoms with E-state index in [1.54, 1.807) is 6.20 Å². The van der Waals surface area contributed by atoms with Crippen molar-refractivity contribution in [3.05, 3.63) is 42.1 Å². The molecular weight excluding hydrogens is 198 g/mol. The van der Waals surface area contributed by atoms with Gasteiger partial charge in [0.2, 0.25) is 0 Å². The molecule has 80 valence electrons. The van der Waals surface area contributed by atoms with Crippen LogP contribution in [0.25, 0.3) is 10.9 Å². The monoisotopic (exact) mass is 211 g/mol. The van der Waals surface area contributed by atoms with E-state index >= 15 is 0 Å². The molecule has 1 heterocycles. The van der Waals surface area contributed by atoms with Crippen LogP contribution < -0.4 is 0 Å². The molecule has 1 atom stereocenters. The van der Waals surface area contributed by atoms with Gasteiger partial charge in [-0.25, -0.2) is 0 Å². The normalized spacial score (nSPS) is 20.5. The van der Waals surface area contributed by atoms with Crippen LogP contribution in [0.15, 0.2) is 36.5 Å². The first-order valence-corrected chi connectivity index (χ1v) is 5.72. The van der Waals surface area contributed by atoms with Crippen LogP contribution >= 0.6 is 0 Å². The molecule has 1 fully saturated rings. The van der Waals surface area contributed by atoms with Crippen molar-refractivity contribution < 1.29 is 4.79 Å². The number of carbonyl (C=O) groups is 1. The van der Waals surface area contributed by atoms with Crippen molar-refractivity contribution in [2.45, 2.75) is 25.2 Å². The van der Waals surface area contributed by atoms with Crippen molar-refractivity contribution in [1.29, 1.82) is 0 Å². The number of carbonyl (C=O) groups excluding carboxylic acids is 1. The zero-order chi connectivity index (χ0) is 11.0. The highest BCUT2D eigenvalue weighted by Crippen LogP contribution is 2.32. The Kier molecular flexibility index (Phi) is 2.21. The SMILES string of the molecule is O=C1CCCC1c1ccc2cccnc2c1. The molecule has 1 aliphatic carbocycles. The highest BCUT2D eigenvalue weighted by molar-refractivity contribution is 5.89. The largest absolute Gasteiger partial charge is 0.299 e. The van der Waals surface area contributed by atoms with Crippen molar-refractivity contribution in [2.75, 3.05) is 0 Å². The molecule has 2 heteroatoms. The van der Waals surface area contributed by atoms with Crippen LogP contribution in [0.4, 0.5) is 0 Å². The van der Waals surface area contributed by atoms with E-state index in [2.05, 4.69) is 23.2 Å². The number of Topliss-reactive ketones (excluding diaryl/α,β-unsaturated/α-hetero) is 1. The van der Waals surface area contributed by atoms with Crippen molar-refractivity contribution in [1.82, 2.24) is 4.98 Å². The molecule has 1 aliphatic rings. The summed E-state index contributed by atoms with van der Waals surface area (Å²) in [7, 11) is 0. The first-order chi connectivity index (χ1) is 7.84. The molecule has 0 spiro atoms. The summed E-state index contributed by atoms with van der Waals surface area (Å²) in [6, 6.07) is 10.2. The fourth-order valence-corrected chi connectivity index (χ4v) is 2.47. The Morgan fingerprint density at radius 3 is 3.00 bits per heavy atom. The van der Waals surface area contributed by atoms with Gasteiger partial charge in [0.15, 0.2) is 0 Å². The first kappa shape index (κ1) is 9.52. The van der Waals surface area contributed by atoms with Gasteiger partial charge in [-0.2, -0.15) is 0 Å². The van der Waals surface area contributed by atoms with E-state index in [0.717, 1.165) is 35.7 Å². The maximum atomic E-state index is 11.7. The molecular formula is C14H13NO.